The Morgan fingerprint density at radius 1 is 1.10 bits per heavy atom. The van der Waals surface area contributed by atoms with Crippen LogP contribution in [-0.4, -0.2) is 17.9 Å². The molecule has 0 atom stereocenters. The van der Waals surface area contributed by atoms with Crippen LogP contribution in [-0.2, 0) is 6.54 Å². The van der Waals surface area contributed by atoms with Crippen LogP contribution >= 0.6 is 31.9 Å². The van der Waals surface area contributed by atoms with Crippen LogP contribution in [0.15, 0.2) is 51.4 Å². The number of nitrogens with zero attached hydrogens (tertiary/aromatic N) is 1. The number of hydrogen-bond acceptors (Lipinski definition) is 1. The van der Waals surface area contributed by atoms with Gasteiger partial charge in [0.2, 0.25) is 0 Å². The maximum absolute atomic E-state index is 12.4. The summed E-state index contributed by atoms with van der Waals surface area (Å²) in [7, 11) is 1.82. The normalized spacial score (nSPS) is 10.4. The molecule has 104 valence electrons. The van der Waals surface area contributed by atoms with Crippen LogP contribution in [0.1, 0.15) is 21.5 Å². The molecule has 0 aliphatic carbocycles. The third kappa shape index (κ3) is 3.49. The number of carbonyl (C=O) groups excluding carboxylic acids is 1. The Labute approximate surface area is 136 Å². The quantitative estimate of drug-likeness (QED) is 0.730. The van der Waals surface area contributed by atoms with Gasteiger partial charge in [0.05, 0.1) is 0 Å². The second kappa shape index (κ2) is 6.55. The highest BCUT2D eigenvalue weighted by molar-refractivity contribution is 9.10. The third-order valence-electron chi connectivity index (χ3n) is 3.12. The zero-order valence-corrected chi connectivity index (χ0v) is 14.5. The van der Waals surface area contributed by atoms with Gasteiger partial charge in [-0.3, -0.25) is 4.79 Å². The Morgan fingerprint density at radius 2 is 1.80 bits per heavy atom. The van der Waals surface area contributed by atoms with Gasteiger partial charge in [0.1, 0.15) is 0 Å². The zero-order valence-electron chi connectivity index (χ0n) is 11.4. The molecule has 20 heavy (non-hydrogen) atoms. The smallest absolute Gasteiger partial charge is 0.253 e. The standard InChI is InChI=1S/C16H15Br2NO/c1-11-9-12(7-8-14(11)17)16(20)19(2)10-13-5-3-4-6-15(13)18/h3-9H,10H2,1-2H3. The monoisotopic (exact) mass is 395 g/mol. The first kappa shape index (κ1) is 15.3. The SMILES string of the molecule is Cc1cc(C(=O)N(C)Cc2ccccc2Br)ccc1Br. The molecule has 0 saturated carbocycles. The molecule has 0 radical (unpaired) electrons. The zero-order chi connectivity index (χ0) is 14.7. The number of aryl methyl sites for hydroxylation is 1. The van der Waals surface area contributed by atoms with Crippen molar-refractivity contribution in [2.24, 2.45) is 0 Å². The van der Waals surface area contributed by atoms with Crippen molar-refractivity contribution in [1.29, 1.82) is 0 Å². The lowest BCUT2D eigenvalue weighted by atomic mass is 10.1. The van der Waals surface area contributed by atoms with Gasteiger partial charge in [-0.1, -0.05) is 50.1 Å². The number of amides is 1. The maximum atomic E-state index is 12.4. The van der Waals surface area contributed by atoms with E-state index in [9.17, 15) is 4.79 Å². The fourth-order valence-electron chi connectivity index (χ4n) is 1.95. The van der Waals surface area contributed by atoms with Crippen LogP contribution in [0.3, 0.4) is 0 Å². The van der Waals surface area contributed by atoms with E-state index in [4.69, 9.17) is 0 Å². The predicted octanol–water partition coefficient (Wildman–Crippen LogP) is 4.79. The van der Waals surface area contributed by atoms with Crippen molar-refractivity contribution in [2.45, 2.75) is 13.5 Å². The fraction of sp³-hybridized carbons (Fsp3) is 0.188. The van der Waals surface area contributed by atoms with Crippen LogP contribution in [0.4, 0.5) is 0 Å². The van der Waals surface area contributed by atoms with Crippen molar-refractivity contribution in [1.82, 2.24) is 4.90 Å². The molecule has 0 N–H and O–H groups in total. The average molecular weight is 397 g/mol. The maximum Gasteiger partial charge on any atom is 0.253 e. The highest BCUT2D eigenvalue weighted by Crippen LogP contribution is 2.20. The van der Waals surface area contributed by atoms with E-state index in [1.165, 1.54) is 0 Å². The first-order chi connectivity index (χ1) is 9.49. The van der Waals surface area contributed by atoms with Crippen LogP contribution < -0.4 is 0 Å². The van der Waals surface area contributed by atoms with Crippen molar-refractivity contribution in [3.63, 3.8) is 0 Å². The van der Waals surface area contributed by atoms with Gasteiger partial charge in [-0.15, -0.1) is 0 Å². The number of rotatable bonds is 3. The van der Waals surface area contributed by atoms with E-state index in [2.05, 4.69) is 31.9 Å². The highest BCUT2D eigenvalue weighted by Gasteiger charge is 2.13. The Morgan fingerprint density at radius 3 is 2.45 bits per heavy atom. The molecule has 0 bridgehead atoms. The predicted molar refractivity (Wildman–Crippen MR) is 88.8 cm³/mol. The van der Waals surface area contributed by atoms with E-state index >= 15 is 0 Å². The first-order valence-electron chi connectivity index (χ1n) is 6.24. The summed E-state index contributed by atoms with van der Waals surface area (Å²) in [6.45, 7) is 2.56. The largest absolute Gasteiger partial charge is 0.337 e. The lowest BCUT2D eigenvalue weighted by Gasteiger charge is -2.18. The lowest BCUT2D eigenvalue weighted by Crippen LogP contribution is -2.26. The van der Waals surface area contributed by atoms with Gasteiger partial charge < -0.3 is 4.90 Å². The highest BCUT2D eigenvalue weighted by atomic mass is 79.9. The van der Waals surface area contributed by atoms with Crippen molar-refractivity contribution in [2.75, 3.05) is 7.05 Å². The molecule has 0 aromatic heterocycles. The van der Waals surface area contributed by atoms with Gasteiger partial charge >= 0.3 is 0 Å². The van der Waals surface area contributed by atoms with Gasteiger partial charge in [0.25, 0.3) is 5.91 Å². The van der Waals surface area contributed by atoms with Crippen LogP contribution in [0.5, 0.6) is 0 Å². The molecule has 0 unspecified atom stereocenters. The first-order valence-corrected chi connectivity index (χ1v) is 7.82. The van der Waals surface area contributed by atoms with Gasteiger partial charge in [0, 0.05) is 28.1 Å². The molecule has 0 heterocycles. The molecular formula is C16H15Br2NO. The Balaban J connectivity index is 2.16. The van der Waals surface area contributed by atoms with E-state index < -0.39 is 0 Å². The molecule has 1 amide bonds. The van der Waals surface area contributed by atoms with E-state index in [-0.39, 0.29) is 5.91 Å². The second-order valence-corrected chi connectivity index (χ2v) is 6.43. The summed E-state index contributed by atoms with van der Waals surface area (Å²) >= 11 is 6.95. The number of halogens is 2. The minimum Gasteiger partial charge on any atom is -0.337 e. The average Bonchev–Trinajstić information content (AvgIpc) is 2.43. The van der Waals surface area contributed by atoms with Crippen LogP contribution in [0.2, 0.25) is 0 Å². The van der Waals surface area contributed by atoms with E-state index in [1.807, 2.05) is 56.4 Å². The molecule has 0 saturated heterocycles. The molecule has 0 aliphatic rings. The number of carbonyl (C=O) groups is 1. The van der Waals surface area contributed by atoms with Crippen molar-refractivity contribution in [3.8, 4) is 0 Å². The molecule has 2 aromatic rings. The van der Waals surface area contributed by atoms with Gasteiger partial charge in [-0.25, -0.2) is 0 Å². The molecule has 2 rings (SSSR count). The van der Waals surface area contributed by atoms with Crippen molar-refractivity contribution in [3.05, 3.63) is 68.1 Å². The minimum absolute atomic E-state index is 0.0244. The van der Waals surface area contributed by atoms with Crippen LogP contribution in [0, 0.1) is 6.92 Å². The molecule has 0 fully saturated rings. The van der Waals surface area contributed by atoms with Crippen molar-refractivity contribution < 1.29 is 4.79 Å². The summed E-state index contributed by atoms with van der Waals surface area (Å²) in [6.07, 6.45) is 0. The summed E-state index contributed by atoms with van der Waals surface area (Å²) in [5.74, 6) is 0.0244. The molecule has 0 aliphatic heterocycles. The molecular weight excluding hydrogens is 382 g/mol. The van der Waals surface area contributed by atoms with E-state index in [0.717, 1.165) is 20.1 Å². The third-order valence-corrected chi connectivity index (χ3v) is 4.78. The summed E-state index contributed by atoms with van der Waals surface area (Å²) in [6, 6.07) is 13.6. The van der Waals surface area contributed by atoms with Gasteiger partial charge in [-0.05, 0) is 42.3 Å². The molecule has 4 heteroatoms. The Kier molecular flexibility index (Phi) is 5.00. The summed E-state index contributed by atoms with van der Waals surface area (Å²) < 4.78 is 2.04. The van der Waals surface area contributed by atoms with Crippen LogP contribution in [0.25, 0.3) is 0 Å². The van der Waals surface area contributed by atoms with E-state index in [1.54, 1.807) is 4.90 Å². The summed E-state index contributed by atoms with van der Waals surface area (Å²) in [5.41, 5.74) is 2.86. The van der Waals surface area contributed by atoms with Gasteiger partial charge in [0.15, 0.2) is 0 Å². The second-order valence-electron chi connectivity index (χ2n) is 4.72. The molecule has 2 aromatic carbocycles. The van der Waals surface area contributed by atoms with Gasteiger partial charge in [-0.2, -0.15) is 0 Å². The topological polar surface area (TPSA) is 20.3 Å². The number of hydrogen-bond donors (Lipinski definition) is 0. The van der Waals surface area contributed by atoms with E-state index in [0.29, 0.717) is 12.1 Å². The minimum atomic E-state index is 0.0244. The van der Waals surface area contributed by atoms with Crippen molar-refractivity contribution >= 4 is 37.8 Å². The Bertz CT molecular complexity index is 640. The summed E-state index contributed by atoms with van der Waals surface area (Å²) in [4.78, 5) is 14.1. The number of benzene rings is 2. The summed E-state index contributed by atoms with van der Waals surface area (Å²) in [5, 5.41) is 0. The molecule has 2 nitrogen and oxygen atoms in total. The molecule has 0 spiro atoms. The fourth-order valence-corrected chi connectivity index (χ4v) is 2.61. The Hall–Kier alpha value is -1.13. The lowest BCUT2D eigenvalue weighted by molar-refractivity contribution is 0.0784.